The van der Waals surface area contributed by atoms with E-state index in [1.165, 1.54) is 16.4 Å². The molecule has 0 amide bonds. The third kappa shape index (κ3) is 4.99. The number of ether oxygens (including phenoxy) is 2. The molecule has 1 N–H and O–H groups in total. The molecule has 34 heavy (non-hydrogen) atoms. The number of carbonyl (C=O) groups is 1. The van der Waals surface area contributed by atoms with E-state index >= 15 is 0 Å². The lowest BCUT2D eigenvalue weighted by Gasteiger charge is -2.35. The minimum Gasteiger partial charge on any atom is -0.493 e. The smallest absolute Gasteiger partial charge is 0.264 e. The van der Waals surface area contributed by atoms with Crippen LogP contribution >= 0.6 is 0 Å². The van der Waals surface area contributed by atoms with Crippen molar-refractivity contribution in [2.75, 3.05) is 24.1 Å². The van der Waals surface area contributed by atoms with Gasteiger partial charge in [-0.25, -0.2) is 8.42 Å². The van der Waals surface area contributed by atoms with Crippen molar-refractivity contribution in [3.63, 3.8) is 0 Å². The molecule has 2 unspecified atom stereocenters. The molecule has 2 aromatic rings. The van der Waals surface area contributed by atoms with Crippen LogP contribution in [0.1, 0.15) is 61.0 Å². The van der Waals surface area contributed by atoms with Crippen LogP contribution < -0.4 is 9.04 Å². The van der Waals surface area contributed by atoms with Gasteiger partial charge in [-0.15, -0.1) is 0 Å². The summed E-state index contributed by atoms with van der Waals surface area (Å²) in [7, 11) is -3.96. The molecule has 2 aliphatic heterocycles. The summed E-state index contributed by atoms with van der Waals surface area (Å²) in [6, 6.07) is 9.48. The topological polar surface area (TPSA) is 93.1 Å². The monoisotopic (exact) mass is 487 g/mol. The Bertz CT molecular complexity index is 1140. The Kier molecular flexibility index (Phi) is 7.60. The molecule has 0 aromatic heterocycles. The number of anilines is 1. The zero-order chi connectivity index (χ0) is 24.3. The van der Waals surface area contributed by atoms with Crippen molar-refractivity contribution in [3.05, 3.63) is 53.1 Å². The molecule has 7 nitrogen and oxygen atoms in total. The minimum absolute atomic E-state index is 0.0482. The molecule has 0 bridgehead atoms. The van der Waals surface area contributed by atoms with E-state index in [0.717, 1.165) is 44.5 Å². The van der Waals surface area contributed by atoms with E-state index in [2.05, 4.69) is 0 Å². The molecule has 0 spiro atoms. The van der Waals surface area contributed by atoms with Crippen LogP contribution in [-0.4, -0.2) is 45.2 Å². The predicted octanol–water partition coefficient (Wildman–Crippen LogP) is 4.11. The SMILES string of the molecule is CCc1ccc2c(c1)C(=O)CC(C)N2S(=O)(=O)c1ccc(OCC2CCCOCC2)c(CO)c1. The van der Waals surface area contributed by atoms with E-state index < -0.39 is 16.1 Å². The normalized spacial score (nSPS) is 21.1. The van der Waals surface area contributed by atoms with Crippen molar-refractivity contribution in [2.24, 2.45) is 5.92 Å². The molecule has 0 aliphatic carbocycles. The summed E-state index contributed by atoms with van der Waals surface area (Å²) in [4.78, 5) is 12.7. The summed E-state index contributed by atoms with van der Waals surface area (Å²) in [6.45, 7) is 5.39. The number of Topliss-reactive ketones (excluding diaryl/α,β-unsaturated/α-hetero) is 1. The van der Waals surface area contributed by atoms with Crippen molar-refractivity contribution < 1.29 is 27.8 Å². The summed E-state index contributed by atoms with van der Waals surface area (Å²) in [5, 5.41) is 9.95. The molecule has 2 heterocycles. The Morgan fingerprint density at radius 3 is 2.74 bits per heavy atom. The van der Waals surface area contributed by atoms with Gasteiger partial charge in [0, 0.05) is 36.8 Å². The first-order valence-corrected chi connectivity index (χ1v) is 13.4. The lowest BCUT2D eigenvalue weighted by atomic mass is 9.95. The van der Waals surface area contributed by atoms with E-state index in [9.17, 15) is 18.3 Å². The maximum atomic E-state index is 13.7. The van der Waals surface area contributed by atoms with Crippen molar-refractivity contribution in [3.8, 4) is 5.75 Å². The first-order valence-electron chi connectivity index (χ1n) is 12.0. The number of hydrogen-bond acceptors (Lipinski definition) is 6. The first kappa shape index (κ1) is 24.7. The van der Waals surface area contributed by atoms with Crippen molar-refractivity contribution >= 4 is 21.5 Å². The molecule has 2 atom stereocenters. The number of aliphatic hydroxyl groups is 1. The summed E-state index contributed by atoms with van der Waals surface area (Å²) >= 11 is 0. The lowest BCUT2D eigenvalue weighted by Crippen LogP contribution is -2.43. The van der Waals surface area contributed by atoms with E-state index in [1.54, 1.807) is 25.1 Å². The number of nitrogens with zero attached hydrogens (tertiary/aromatic N) is 1. The Morgan fingerprint density at radius 1 is 1.15 bits per heavy atom. The first-order chi connectivity index (χ1) is 16.3. The third-order valence-corrected chi connectivity index (χ3v) is 8.62. The molecule has 2 aliphatic rings. The number of sulfonamides is 1. The number of benzene rings is 2. The average Bonchev–Trinajstić information content (AvgIpc) is 3.11. The van der Waals surface area contributed by atoms with E-state index in [0.29, 0.717) is 35.1 Å². The predicted molar refractivity (Wildman–Crippen MR) is 130 cm³/mol. The quantitative estimate of drug-likeness (QED) is 0.632. The Balaban J connectivity index is 1.62. The second-order valence-electron chi connectivity index (χ2n) is 9.13. The minimum atomic E-state index is -3.96. The van der Waals surface area contributed by atoms with Crippen molar-refractivity contribution in [1.82, 2.24) is 0 Å². The summed E-state index contributed by atoms with van der Waals surface area (Å²) in [5.74, 6) is 0.808. The zero-order valence-corrected chi connectivity index (χ0v) is 20.6. The van der Waals surface area contributed by atoms with Crippen LogP contribution in [0.15, 0.2) is 41.3 Å². The number of aryl methyl sites for hydroxylation is 1. The number of fused-ring (bicyclic) bond motifs is 1. The molecule has 184 valence electrons. The summed E-state index contributed by atoms with van der Waals surface area (Å²) < 4.78 is 40.3. The number of hydrogen-bond donors (Lipinski definition) is 1. The standard InChI is InChI=1S/C26H33NO6S/c1-3-19-6-8-24-23(14-19)25(29)13-18(2)27(24)34(30,31)22-7-9-26(21(15-22)16-28)33-17-20-5-4-11-32-12-10-20/h6-9,14-15,18,20,28H,3-5,10-13,16-17H2,1-2H3. The lowest BCUT2D eigenvalue weighted by molar-refractivity contribution is 0.0972. The molecule has 1 fully saturated rings. The Morgan fingerprint density at radius 2 is 1.97 bits per heavy atom. The van der Waals surface area contributed by atoms with Crippen LogP contribution in [0.4, 0.5) is 5.69 Å². The highest BCUT2D eigenvalue weighted by atomic mass is 32.2. The van der Waals surface area contributed by atoms with Gasteiger partial charge in [0.05, 0.1) is 23.8 Å². The van der Waals surface area contributed by atoms with Gasteiger partial charge in [-0.1, -0.05) is 13.0 Å². The van der Waals surface area contributed by atoms with Gasteiger partial charge >= 0.3 is 0 Å². The van der Waals surface area contributed by atoms with E-state index in [4.69, 9.17) is 9.47 Å². The molecule has 2 aromatic carbocycles. The van der Waals surface area contributed by atoms with Crippen LogP contribution in [-0.2, 0) is 27.8 Å². The second kappa shape index (κ2) is 10.5. The molecular weight excluding hydrogens is 454 g/mol. The van der Waals surface area contributed by atoms with E-state index in [-0.39, 0.29) is 23.7 Å². The third-order valence-electron chi connectivity index (χ3n) is 6.69. The largest absolute Gasteiger partial charge is 0.493 e. The maximum Gasteiger partial charge on any atom is 0.264 e. The molecule has 0 radical (unpaired) electrons. The van der Waals surface area contributed by atoms with Crippen LogP contribution in [0.2, 0.25) is 0 Å². The fourth-order valence-electron chi connectivity index (χ4n) is 4.72. The van der Waals surface area contributed by atoms with Crippen molar-refractivity contribution in [2.45, 2.75) is 63.5 Å². The van der Waals surface area contributed by atoms with Gasteiger partial charge in [0.15, 0.2) is 5.78 Å². The van der Waals surface area contributed by atoms with Gasteiger partial charge in [0.2, 0.25) is 0 Å². The van der Waals surface area contributed by atoms with Gasteiger partial charge in [-0.2, -0.15) is 0 Å². The van der Waals surface area contributed by atoms with Crippen LogP contribution in [0.3, 0.4) is 0 Å². The number of ketones is 1. The second-order valence-corrected chi connectivity index (χ2v) is 10.9. The summed E-state index contributed by atoms with van der Waals surface area (Å²) in [5.41, 5.74) is 2.26. The Hall–Kier alpha value is -2.42. The number of carbonyl (C=O) groups excluding carboxylic acids is 1. The Labute approximate surface area is 201 Å². The molecular formula is C26H33NO6S. The van der Waals surface area contributed by atoms with Gasteiger partial charge in [0.1, 0.15) is 5.75 Å². The molecule has 0 saturated carbocycles. The fourth-order valence-corrected chi connectivity index (χ4v) is 6.45. The maximum absolute atomic E-state index is 13.7. The van der Waals surface area contributed by atoms with E-state index in [1.807, 2.05) is 13.0 Å². The van der Waals surface area contributed by atoms with Crippen LogP contribution in [0, 0.1) is 5.92 Å². The van der Waals surface area contributed by atoms with Crippen LogP contribution in [0.5, 0.6) is 5.75 Å². The fraction of sp³-hybridized carbons (Fsp3) is 0.500. The van der Waals surface area contributed by atoms with Crippen LogP contribution in [0.25, 0.3) is 0 Å². The summed E-state index contributed by atoms with van der Waals surface area (Å²) in [6.07, 6.45) is 3.82. The number of rotatable bonds is 7. The highest BCUT2D eigenvalue weighted by Crippen LogP contribution is 2.37. The van der Waals surface area contributed by atoms with Gasteiger partial charge in [-0.05, 0) is 74.4 Å². The van der Waals surface area contributed by atoms with Gasteiger partial charge in [-0.3, -0.25) is 9.10 Å². The molecule has 4 rings (SSSR count). The van der Waals surface area contributed by atoms with Crippen molar-refractivity contribution in [1.29, 1.82) is 0 Å². The average molecular weight is 488 g/mol. The highest BCUT2D eigenvalue weighted by molar-refractivity contribution is 7.92. The highest BCUT2D eigenvalue weighted by Gasteiger charge is 2.37. The number of aliphatic hydroxyl groups excluding tert-OH is 1. The van der Waals surface area contributed by atoms with Gasteiger partial charge in [0.25, 0.3) is 10.0 Å². The zero-order valence-electron chi connectivity index (χ0n) is 19.8. The molecule has 8 heteroatoms. The van der Waals surface area contributed by atoms with Gasteiger partial charge < -0.3 is 14.6 Å². The molecule has 1 saturated heterocycles.